The molecular formula is C20H22O3. The molecule has 0 amide bonds. The molecule has 0 saturated heterocycles. The van der Waals surface area contributed by atoms with Crippen molar-refractivity contribution < 1.29 is 14.3 Å². The second kappa shape index (κ2) is 6.07. The molecule has 0 heterocycles. The van der Waals surface area contributed by atoms with Crippen LogP contribution >= 0.6 is 0 Å². The van der Waals surface area contributed by atoms with Crippen molar-refractivity contribution in [2.45, 2.75) is 39.5 Å². The van der Waals surface area contributed by atoms with Gasteiger partial charge in [0.05, 0.1) is 7.11 Å². The Balaban J connectivity index is 2.32. The average molecular weight is 310 g/mol. The van der Waals surface area contributed by atoms with E-state index in [0.29, 0.717) is 11.3 Å². The van der Waals surface area contributed by atoms with Crippen LogP contribution in [0.2, 0.25) is 0 Å². The van der Waals surface area contributed by atoms with Crippen LogP contribution in [0.4, 0.5) is 0 Å². The molecule has 2 aromatic carbocycles. The van der Waals surface area contributed by atoms with Gasteiger partial charge in [0.15, 0.2) is 0 Å². The number of benzene rings is 2. The Hall–Kier alpha value is -2.29. The zero-order valence-corrected chi connectivity index (χ0v) is 14.0. The van der Waals surface area contributed by atoms with Gasteiger partial charge in [-0.2, -0.15) is 0 Å². The molecule has 23 heavy (non-hydrogen) atoms. The molecule has 3 nitrogen and oxygen atoms in total. The first-order valence-corrected chi connectivity index (χ1v) is 8.02. The molecule has 120 valence electrons. The summed E-state index contributed by atoms with van der Waals surface area (Å²) in [5.74, 6) is 1.24. The van der Waals surface area contributed by atoms with Gasteiger partial charge < -0.3 is 9.47 Å². The molecule has 3 rings (SSSR count). The zero-order valence-electron chi connectivity index (χ0n) is 14.0. The first-order valence-electron chi connectivity index (χ1n) is 8.02. The maximum Gasteiger partial charge on any atom is 0.338 e. The lowest BCUT2D eigenvalue weighted by molar-refractivity contribution is -0.130. The van der Waals surface area contributed by atoms with Crippen LogP contribution in [0.25, 0.3) is 10.8 Å². The van der Waals surface area contributed by atoms with E-state index in [1.807, 2.05) is 12.1 Å². The van der Waals surface area contributed by atoms with Crippen molar-refractivity contribution in [1.29, 1.82) is 0 Å². The fourth-order valence-corrected chi connectivity index (χ4v) is 3.31. The van der Waals surface area contributed by atoms with Crippen molar-refractivity contribution in [1.82, 2.24) is 0 Å². The van der Waals surface area contributed by atoms with Gasteiger partial charge in [-0.1, -0.05) is 24.3 Å². The molecule has 0 atom stereocenters. The SMILES string of the molecule is C=C(C)C(=O)Oc1c2c(c(OC)c3cc(C)ccc13)CCCC2. The lowest BCUT2D eigenvalue weighted by atomic mass is 9.87. The van der Waals surface area contributed by atoms with Crippen molar-refractivity contribution in [3.8, 4) is 11.5 Å². The Kier molecular flexibility index (Phi) is 4.12. The van der Waals surface area contributed by atoms with Gasteiger partial charge in [-0.25, -0.2) is 4.79 Å². The second-order valence-electron chi connectivity index (χ2n) is 6.25. The van der Waals surface area contributed by atoms with Gasteiger partial charge in [0.25, 0.3) is 0 Å². The summed E-state index contributed by atoms with van der Waals surface area (Å²) in [6, 6.07) is 6.15. The van der Waals surface area contributed by atoms with Crippen LogP contribution in [0.15, 0.2) is 30.4 Å². The minimum absolute atomic E-state index is 0.371. The highest BCUT2D eigenvalue weighted by atomic mass is 16.5. The monoisotopic (exact) mass is 310 g/mol. The number of esters is 1. The normalized spacial score (nSPS) is 13.5. The van der Waals surface area contributed by atoms with Crippen molar-refractivity contribution in [2.75, 3.05) is 7.11 Å². The summed E-state index contributed by atoms with van der Waals surface area (Å²) in [6.45, 7) is 7.42. The number of fused-ring (bicyclic) bond motifs is 2. The molecule has 0 aromatic heterocycles. The van der Waals surface area contributed by atoms with E-state index in [4.69, 9.17) is 9.47 Å². The largest absolute Gasteiger partial charge is 0.496 e. The van der Waals surface area contributed by atoms with Gasteiger partial charge in [0.1, 0.15) is 11.5 Å². The predicted molar refractivity (Wildman–Crippen MR) is 92.3 cm³/mol. The highest BCUT2D eigenvalue weighted by Crippen LogP contribution is 2.44. The molecule has 0 radical (unpaired) electrons. The first kappa shape index (κ1) is 15.6. The summed E-state index contributed by atoms with van der Waals surface area (Å²) in [4.78, 5) is 12.1. The van der Waals surface area contributed by atoms with E-state index in [0.717, 1.165) is 53.3 Å². The maximum absolute atomic E-state index is 12.1. The number of methoxy groups -OCH3 is 1. The van der Waals surface area contributed by atoms with Crippen molar-refractivity contribution in [3.63, 3.8) is 0 Å². The summed E-state index contributed by atoms with van der Waals surface area (Å²) >= 11 is 0. The number of hydrogen-bond acceptors (Lipinski definition) is 3. The third kappa shape index (κ3) is 2.72. The topological polar surface area (TPSA) is 35.5 Å². The van der Waals surface area contributed by atoms with Crippen LogP contribution in [0, 0.1) is 6.92 Å². The third-order valence-electron chi connectivity index (χ3n) is 4.43. The van der Waals surface area contributed by atoms with Crippen molar-refractivity contribution in [3.05, 3.63) is 47.0 Å². The van der Waals surface area contributed by atoms with Gasteiger partial charge in [0.2, 0.25) is 0 Å². The lowest BCUT2D eigenvalue weighted by Crippen LogP contribution is -2.14. The van der Waals surface area contributed by atoms with Gasteiger partial charge in [-0.05, 0) is 45.6 Å². The first-order chi connectivity index (χ1) is 11.0. The van der Waals surface area contributed by atoms with E-state index in [1.165, 1.54) is 5.56 Å². The molecular weight excluding hydrogens is 288 g/mol. The van der Waals surface area contributed by atoms with Crippen LogP contribution in [0.5, 0.6) is 11.5 Å². The molecule has 0 N–H and O–H groups in total. The van der Waals surface area contributed by atoms with Crippen LogP contribution in [-0.4, -0.2) is 13.1 Å². The molecule has 0 saturated carbocycles. The molecule has 2 aromatic rings. The van der Waals surface area contributed by atoms with Crippen LogP contribution in [-0.2, 0) is 17.6 Å². The average Bonchev–Trinajstić information content (AvgIpc) is 2.54. The highest BCUT2D eigenvalue weighted by Gasteiger charge is 2.24. The molecule has 0 bridgehead atoms. The van der Waals surface area contributed by atoms with Gasteiger partial charge in [-0.15, -0.1) is 0 Å². The van der Waals surface area contributed by atoms with E-state index < -0.39 is 0 Å². The number of carbonyl (C=O) groups excluding carboxylic acids is 1. The molecule has 0 aliphatic heterocycles. The summed E-state index contributed by atoms with van der Waals surface area (Å²) < 4.78 is 11.5. The Morgan fingerprint density at radius 2 is 1.74 bits per heavy atom. The maximum atomic E-state index is 12.1. The Morgan fingerprint density at radius 1 is 1.09 bits per heavy atom. The molecule has 0 unspecified atom stereocenters. The summed E-state index contributed by atoms with van der Waals surface area (Å²) in [5, 5.41) is 1.94. The van der Waals surface area contributed by atoms with Gasteiger partial charge in [0, 0.05) is 27.5 Å². The van der Waals surface area contributed by atoms with E-state index >= 15 is 0 Å². The minimum Gasteiger partial charge on any atom is -0.496 e. The van der Waals surface area contributed by atoms with E-state index in [9.17, 15) is 4.79 Å². The minimum atomic E-state index is -0.371. The fraction of sp³-hybridized carbons (Fsp3) is 0.350. The number of ether oxygens (including phenoxy) is 2. The standard InChI is InChI=1S/C20H22O3/c1-12(2)20(21)23-19-15-8-6-5-7-14(15)18(22-4)17-11-13(3)9-10-16(17)19/h9-11H,1,5-8H2,2-4H3. The van der Waals surface area contributed by atoms with E-state index in [1.54, 1.807) is 14.0 Å². The van der Waals surface area contributed by atoms with E-state index in [-0.39, 0.29) is 5.97 Å². The van der Waals surface area contributed by atoms with Crippen molar-refractivity contribution >= 4 is 16.7 Å². The zero-order chi connectivity index (χ0) is 16.6. The molecule has 3 heteroatoms. The highest BCUT2D eigenvalue weighted by molar-refractivity contribution is 5.99. The van der Waals surface area contributed by atoms with Crippen molar-refractivity contribution in [2.24, 2.45) is 0 Å². The predicted octanol–water partition coefficient (Wildman–Crippen LogP) is 4.52. The summed E-state index contributed by atoms with van der Waals surface area (Å²) in [6.07, 6.45) is 4.11. The molecule has 0 fully saturated rings. The summed E-state index contributed by atoms with van der Waals surface area (Å²) in [5.41, 5.74) is 3.86. The fourth-order valence-electron chi connectivity index (χ4n) is 3.31. The summed E-state index contributed by atoms with van der Waals surface area (Å²) in [7, 11) is 1.71. The smallest absolute Gasteiger partial charge is 0.338 e. The van der Waals surface area contributed by atoms with Gasteiger partial charge in [-0.3, -0.25) is 0 Å². The van der Waals surface area contributed by atoms with Crippen LogP contribution in [0.1, 0.15) is 36.5 Å². The Bertz CT molecular complexity index is 802. The molecule has 0 spiro atoms. The quantitative estimate of drug-likeness (QED) is 0.475. The third-order valence-corrected chi connectivity index (χ3v) is 4.43. The van der Waals surface area contributed by atoms with Crippen LogP contribution < -0.4 is 9.47 Å². The molecule has 1 aliphatic carbocycles. The Labute approximate surface area is 136 Å². The number of carbonyl (C=O) groups is 1. The number of hydrogen-bond donors (Lipinski definition) is 0. The van der Waals surface area contributed by atoms with Gasteiger partial charge >= 0.3 is 5.97 Å². The number of rotatable bonds is 3. The Morgan fingerprint density at radius 3 is 2.35 bits per heavy atom. The lowest BCUT2D eigenvalue weighted by Gasteiger charge is -2.24. The second-order valence-corrected chi connectivity index (χ2v) is 6.25. The molecule has 1 aliphatic rings. The van der Waals surface area contributed by atoms with E-state index in [2.05, 4.69) is 19.6 Å². The number of aryl methyl sites for hydroxylation is 1. The van der Waals surface area contributed by atoms with Crippen LogP contribution in [0.3, 0.4) is 0 Å².